The minimum absolute atomic E-state index is 0.314. The molecule has 0 amide bonds. The third-order valence-corrected chi connectivity index (χ3v) is 2.90. The molecule has 1 N–H and O–H groups in total. The van der Waals surface area contributed by atoms with Crippen molar-refractivity contribution in [2.75, 3.05) is 12.9 Å². The Balaban J connectivity index is 2.44. The van der Waals surface area contributed by atoms with Gasteiger partial charge in [-0.3, -0.25) is 0 Å². The number of rotatable bonds is 7. The van der Waals surface area contributed by atoms with Crippen LogP contribution in [-0.2, 0) is 16.6 Å². The van der Waals surface area contributed by atoms with E-state index in [0.717, 1.165) is 37.0 Å². The van der Waals surface area contributed by atoms with Crippen LogP contribution in [0.2, 0.25) is 0 Å². The first-order valence-electron chi connectivity index (χ1n) is 5.67. The van der Waals surface area contributed by atoms with E-state index in [0.29, 0.717) is 6.54 Å². The summed E-state index contributed by atoms with van der Waals surface area (Å²) in [7, 11) is -3.13. The van der Waals surface area contributed by atoms with Gasteiger partial charge in [-0.1, -0.05) is 25.5 Å². The molecule has 0 heterocycles. The number of sulfonamides is 1. The topological polar surface area (TPSA) is 55.4 Å². The lowest BCUT2D eigenvalue weighted by Crippen LogP contribution is -2.21. The molecule has 0 aliphatic carbocycles. The second-order valence-corrected chi connectivity index (χ2v) is 5.77. The van der Waals surface area contributed by atoms with E-state index in [1.54, 1.807) is 0 Å². The van der Waals surface area contributed by atoms with Crippen molar-refractivity contribution in [3.05, 3.63) is 29.8 Å². The molecular weight excluding hydrogens is 238 g/mol. The van der Waals surface area contributed by atoms with Gasteiger partial charge in [0.05, 0.1) is 12.9 Å². The standard InChI is InChI=1S/C12H19NO3S/c1-3-4-9-16-12-7-5-11(6-8-12)10-13-17(2,14)15/h5-8,13H,3-4,9-10H2,1-2H3. The SMILES string of the molecule is CCCCOc1ccc(CNS(C)(=O)=O)cc1. The predicted molar refractivity (Wildman–Crippen MR) is 68.5 cm³/mol. The Labute approximate surface area is 103 Å². The first-order valence-corrected chi connectivity index (χ1v) is 7.57. The molecule has 1 rings (SSSR count). The van der Waals surface area contributed by atoms with E-state index < -0.39 is 10.0 Å². The van der Waals surface area contributed by atoms with Crippen molar-refractivity contribution < 1.29 is 13.2 Å². The van der Waals surface area contributed by atoms with Crippen molar-refractivity contribution >= 4 is 10.0 Å². The molecule has 0 radical (unpaired) electrons. The fraction of sp³-hybridized carbons (Fsp3) is 0.500. The van der Waals surface area contributed by atoms with E-state index >= 15 is 0 Å². The number of hydrogen-bond acceptors (Lipinski definition) is 3. The van der Waals surface area contributed by atoms with Gasteiger partial charge in [0.2, 0.25) is 10.0 Å². The van der Waals surface area contributed by atoms with Crippen LogP contribution < -0.4 is 9.46 Å². The van der Waals surface area contributed by atoms with E-state index in [-0.39, 0.29) is 0 Å². The molecule has 0 saturated carbocycles. The van der Waals surface area contributed by atoms with Gasteiger partial charge in [-0.25, -0.2) is 13.1 Å². The van der Waals surface area contributed by atoms with Gasteiger partial charge in [-0.15, -0.1) is 0 Å². The van der Waals surface area contributed by atoms with Gasteiger partial charge in [-0.05, 0) is 24.1 Å². The molecule has 0 unspecified atom stereocenters. The van der Waals surface area contributed by atoms with Gasteiger partial charge in [-0.2, -0.15) is 0 Å². The molecule has 1 aromatic carbocycles. The first-order chi connectivity index (χ1) is 8.01. The molecule has 0 bridgehead atoms. The third kappa shape index (κ3) is 6.28. The minimum Gasteiger partial charge on any atom is -0.494 e. The van der Waals surface area contributed by atoms with Gasteiger partial charge >= 0.3 is 0 Å². The zero-order valence-corrected chi connectivity index (χ0v) is 11.1. The van der Waals surface area contributed by atoms with Gasteiger partial charge < -0.3 is 4.74 Å². The van der Waals surface area contributed by atoms with E-state index in [1.807, 2.05) is 24.3 Å². The lowest BCUT2D eigenvalue weighted by Gasteiger charge is -2.06. The van der Waals surface area contributed by atoms with Crippen LogP contribution in [0.5, 0.6) is 5.75 Å². The Morgan fingerprint density at radius 3 is 2.41 bits per heavy atom. The summed E-state index contributed by atoms with van der Waals surface area (Å²) in [5.41, 5.74) is 0.915. The molecule has 0 aromatic heterocycles. The largest absolute Gasteiger partial charge is 0.494 e. The summed E-state index contributed by atoms with van der Waals surface area (Å²) in [6, 6.07) is 7.43. The lowest BCUT2D eigenvalue weighted by atomic mass is 10.2. The zero-order chi connectivity index (χ0) is 12.7. The molecule has 0 aliphatic heterocycles. The highest BCUT2D eigenvalue weighted by molar-refractivity contribution is 7.88. The average molecular weight is 257 g/mol. The van der Waals surface area contributed by atoms with E-state index in [2.05, 4.69) is 11.6 Å². The predicted octanol–water partition coefficient (Wildman–Crippen LogP) is 1.91. The van der Waals surface area contributed by atoms with Crippen LogP contribution in [0.1, 0.15) is 25.3 Å². The van der Waals surface area contributed by atoms with Gasteiger partial charge in [0, 0.05) is 6.54 Å². The van der Waals surface area contributed by atoms with Crippen LogP contribution in [-0.4, -0.2) is 21.3 Å². The summed E-state index contributed by atoms with van der Waals surface area (Å²) < 4.78 is 29.8. The summed E-state index contributed by atoms with van der Waals surface area (Å²) in [4.78, 5) is 0. The maximum Gasteiger partial charge on any atom is 0.209 e. The van der Waals surface area contributed by atoms with Crippen molar-refractivity contribution in [1.82, 2.24) is 4.72 Å². The van der Waals surface area contributed by atoms with Crippen LogP contribution in [0.3, 0.4) is 0 Å². The van der Waals surface area contributed by atoms with Crippen molar-refractivity contribution in [3.63, 3.8) is 0 Å². The number of ether oxygens (including phenoxy) is 1. The normalized spacial score (nSPS) is 11.4. The summed E-state index contributed by atoms with van der Waals surface area (Å²) in [5, 5.41) is 0. The molecule has 0 spiro atoms. The fourth-order valence-electron chi connectivity index (χ4n) is 1.25. The number of benzene rings is 1. The van der Waals surface area contributed by atoms with Crippen LogP contribution in [0.25, 0.3) is 0 Å². The molecular formula is C12H19NO3S. The Hall–Kier alpha value is -1.07. The maximum absolute atomic E-state index is 10.9. The summed E-state index contributed by atoms with van der Waals surface area (Å²) in [6.45, 7) is 3.15. The van der Waals surface area contributed by atoms with Crippen molar-refractivity contribution in [3.8, 4) is 5.75 Å². The number of nitrogens with one attached hydrogen (secondary N) is 1. The Morgan fingerprint density at radius 1 is 1.24 bits per heavy atom. The van der Waals surface area contributed by atoms with Crippen LogP contribution in [0, 0.1) is 0 Å². The number of unbranched alkanes of at least 4 members (excludes halogenated alkanes) is 1. The summed E-state index contributed by atoms with van der Waals surface area (Å²) in [5.74, 6) is 0.821. The summed E-state index contributed by atoms with van der Waals surface area (Å²) >= 11 is 0. The average Bonchev–Trinajstić information content (AvgIpc) is 2.27. The van der Waals surface area contributed by atoms with Gasteiger partial charge in [0.1, 0.15) is 5.75 Å². The maximum atomic E-state index is 10.9. The molecule has 0 aliphatic rings. The monoisotopic (exact) mass is 257 g/mol. The second-order valence-electron chi connectivity index (χ2n) is 3.94. The quantitative estimate of drug-likeness (QED) is 0.759. The van der Waals surface area contributed by atoms with Gasteiger partial charge in [0.25, 0.3) is 0 Å². The molecule has 5 heteroatoms. The Kier molecular flexibility index (Phi) is 5.44. The molecule has 0 saturated heterocycles. The Morgan fingerprint density at radius 2 is 1.88 bits per heavy atom. The molecule has 4 nitrogen and oxygen atoms in total. The number of hydrogen-bond donors (Lipinski definition) is 1. The highest BCUT2D eigenvalue weighted by Gasteiger charge is 2.01. The highest BCUT2D eigenvalue weighted by atomic mass is 32.2. The molecule has 96 valence electrons. The zero-order valence-electron chi connectivity index (χ0n) is 10.3. The van der Waals surface area contributed by atoms with E-state index in [9.17, 15) is 8.42 Å². The molecule has 1 aromatic rings. The van der Waals surface area contributed by atoms with E-state index in [4.69, 9.17) is 4.74 Å². The van der Waals surface area contributed by atoms with Crippen molar-refractivity contribution in [1.29, 1.82) is 0 Å². The van der Waals surface area contributed by atoms with Crippen molar-refractivity contribution in [2.24, 2.45) is 0 Å². The van der Waals surface area contributed by atoms with E-state index in [1.165, 1.54) is 0 Å². The summed E-state index contributed by atoms with van der Waals surface area (Å²) in [6.07, 6.45) is 3.29. The molecule has 17 heavy (non-hydrogen) atoms. The van der Waals surface area contributed by atoms with Crippen LogP contribution in [0.4, 0.5) is 0 Å². The smallest absolute Gasteiger partial charge is 0.209 e. The molecule has 0 atom stereocenters. The van der Waals surface area contributed by atoms with Crippen LogP contribution in [0.15, 0.2) is 24.3 Å². The highest BCUT2D eigenvalue weighted by Crippen LogP contribution is 2.12. The molecule has 0 fully saturated rings. The lowest BCUT2D eigenvalue weighted by molar-refractivity contribution is 0.309. The third-order valence-electron chi connectivity index (χ3n) is 2.23. The van der Waals surface area contributed by atoms with Crippen molar-refractivity contribution in [2.45, 2.75) is 26.3 Å². The minimum atomic E-state index is -3.13. The first kappa shape index (κ1) is 14.0. The Bertz CT molecular complexity index is 426. The van der Waals surface area contributed by atoms with Gasteiger partial charge in [0.15, 0.2) is 0 Å². The fourth-order valence-corrected chi connectivity index (χ4v) is 1.68. The second kappa shape index (κ2) is 6.61. The van der Waals surface area contributed by atoms with Crippen LogP contribution >= 0.6 is 0 Å².